The zero-order chi connectivity index (χ0) is 14.8. The van der Waals surface area contributed by atoms with Crippen LogP contribution in [0.5, 0.6) is 0 Å². The van der Waals surface area contributed by atoms with E-state index in [-0.39, 0.29) is 5.91 Å². The highest BCUT2D eigenvalue weighted by Gasteiger charge is 2.22. The predicted molar refractivity (Wildman–Crippen MR) is 79.1 cm³/mol. The van der Waals surface area contributed by atoms with E-state index in [2.05, 4.69) is 4.98 Å². The maximum Gasteiger partial charge on any atom is 0.276 e. The summed E-state index contributed by atoms with van der Waals surface area (Å²) in [4.78, 5) is 19.1. The van der Waals surface area contributed by atoms with Crippen LogP contribution in [0, 0.1) is 6.92 Å². The first kappa shape index (κ1) is 13.6. The number of thiophene rings is 1. The van der Waals surface area contributed by atoms with E-state index in [1.54, 1.807) is 18.2 Å². The molecule has 0 unspecified atom stereocenters. The first-order valence-corrected chi connectivity index (χ1v) is 7.30. The van der Waals surface area contributed by atoms with Crippen LogP contribution in [0.2, 0.25) is 0 Å². The van der Waals surface area contributed by atoms with Gasteiger partial charge in [0.15, 0.2) is 17.8 Å². The molecule has 3 heterocycles. The van der Waals surface area contributed by atoms with Crippen molar-refractivity contribution in [3.8, 4) is 10.6 Å². The van der Waals surface area contributed by atoms with Crippen molar-refractivity contribution in [2.45, 2.75) is 13.5 Å². The van der Waals surface area contributed by atoms with Crippen LogP contribution in [0.15, 0.2) is 45.1 Å². The predicted octanol–water partition coefficient (Wildman–Crippen LogP) is 3.58. The Morgan fingerprint density at radius 3 is 2.90 bits per heavy atom. The van der Waals surface area contributed by atoms with Gasteiger partial charge in [0.05, 0.1) is 11.1 Å². The second-order valence-electron chi connectivity index (χ2n) is 4.67. The number of furan rings is 1. The molecular formula is C15H14N2O3S. The molecule has 0 aromatic carbocycles. The molecule has 6 heteroatoms. The van der Waals surface area contributed by atoms with E-state index in [1.807, 2.05) is 30.5 Å². The van der Waals surface area contributed by atoms with Crippen LogP contribution in [0.4, 0.5) is 0 Å². The van der Waals surface area contributed by atoms with Crippen LogP contribution in [0.1, 0.15) is 21.8 Å². The van der Waals surface area contributed by atoms with Gasteiger partial charge in [-0.2, -0.15) is 0 Å². The number of amides is 1. The maximum absolute atomic E-state index is 12.5. The lowest BCUT2D eigenvalue weighted by molar-refractivity contribution is 0.0780. The molecule has 0 aliphatic heterocycles. The third-order valence-corrected chi connectivity index (χ3v) is 4.10. The third kappa shape index (κ3) is 2.62. The minimum Gasteiger partial charge on any atom is -0.469 e. The smallest absolute Gasteiger partial charge is 0.276 e. The van der Waals surface area contributed by atoms with E-state index in [0.29, 0.717) is 18.0 Å². The Labute approximate surface area is 125 Å². The van der Waals surface area contributed by atoms with Gasteiger partial charge in [0.2, 0.25) is 0 Å². The molecule has 3 aromatic rings. The van der Waals surface area contributed by atoms with Gasteiger partial charge in [-0.05, 0) is 24.4 Å². The first-order valence-electron chi connectivity index (χ1n) is 6.42. The van der Waals surface area contributed by atoms with Crippen LogP contribution in [-0.2, 0) is 6.54 Å². The molecular weight excluding hydrogens is 288 g/mol. The highest BCUT2D eigenvalue weighted by molar-refractivity contribution is 7.13. The SMILES string of the molecule is Cc1occc1CN(C)C(=O)c1ncoc1-c1cccs1. The van der Waals surface area contributed by atoms with Crippen molar-refractivity contribution in [2.24, 2.45) is 0 Å². The van der Waals surface area contributed by atoms with Crippen LogP contribution in [0.25, 0.3) is 10.6 Å². The molecule has 0 radical (unpaired) electrons. The van der Waals surface area contributed by atoms with E-state index in [0.717, 1.165) is 16.2 Å². The number of carbonyl (C=O) groups is 1. The number of nitrogens with zero attached hydrogens (tertiary/aromatic N) is 2. The number of hydrogen-bond acceptors (Lipinski definition) is 5. The molecule has 0 fully saturated rings. The fourth-order valence-electron chi connectivity index (χ4n) is 2.06. The number of aryl methyl sites for hydroxylation is 1. The van der Waals surface area contributed by atoms with Gasteiger partial charge in [0.1, 0.15) is 5.76 Å². The van der Waals surface area contributed by atoms with Gasteiger partial charge >= 0.3 is 0 Å². The molecule has 5 nitrogen and oxygen atoms in total. The van der Waals surface area contributed by atoms with E-state index in [9.17, 15) is 4.79 Å². The Balaban J connectivity index is 1.83. The minimum atomic E-state index is -0.173. The lowest BCUT2D eigenvalue weighted by Gasteiger charge is -2.15. The molecule has 3 rings (SSSR count). The Kier molecular flexibility index (Phi) is 3.62. The summed E-state index contributed by atoms with van der Waals surface area (Å²) in [5.41, 5.74) is 1.31. The summed E-state index contributed by atoms with van der Waals surface area (Å²) in [5, 5.41) is 1.94. The third-order valence-electron chi connectivity index (χ3n) is 3.24. The Bertz CT molecular complexity index is 743. The standard InChI is InChI=1S/C15H14N2O3S/c1-10-11(5-6-19-10)8-17(2)15(18)13-14(20-9-16-13)12-4-3-7-21-12/h3-7,9H,8H2,1-2H3. The van der Waals surface area contributed by atoms with Crippen LogP contribution >= 0.6 is 11.3 Å². The van der Waals surface area contributed by atoms with E-state index in [4.69, 9.17) is 8.83 Å². The molecule has 0 bridgehead atoms. The van der Waals surface area contributed by atoms with Crippen LogP contribution in [-0.4, -0.2) is 22.8 Å². The van der Waals surface area contributed by atoms with Crippen molar-refractivity contribution in [2.75, 3.05) is 7.05 Å². The summed E-state index contributed by atoms with van der Waals surface area (Å²) >= 11 is 1.51. The monoisotopic (exact) mass is 302 g/mol. The van der Waals surface area contributed by atoms with Crippen molar-refractivity contribution < 1.29 is 13.6 Å². The minimum absolute atomic E-state index is 0.173. The van der Waals surface area contributed by atoms with Crippen molar-refractivity contribution >= 4 is 17.2 Å². The molecule has 0 aliphatic rings. The summed E-state index contributed by atoms with van der Waals surface area (Å²) in [6.45, 7) is 2.35. The number of hydrogen-bond donors (Lipinski definition) is 0. The molecule has 0 N–H and O–H groups in total. The topological polar surface area (TPSA) is 59.5 Å². The van der Waals surface area contributed by atoms with Gasteiger partial charge in [-0.3, -0.25) is 4.79 Å². The highest BCUT2D eigenvalue weighted by Crippen LogP contribution is 2.28. The highest BCUT2D eigenvalue weighted by atomic mass is 32.1. The lowest BCUT2D eigenvalue weighted by Crippen LogP contribution is -2.27. The van der Waals surface area contributed by atoms with Crippen molar-refractivity contribution in [1.29, 1.82) is 0 Å². The summed E-state index contributed by atoms with van der Waals surface area (Å²) in [6, 6.07) is 5.68. The Morgan fingerprint density at radius 2 is 2.24 bits per heavy atom. The average molecular weight is 302 g/mol. The normalized spacial score (nSPS) is 10.8. The summed E-state index contributed by atoms with van der Waals surface area (Å²) < 4.78 is 10.6. The van der Waals surface area contributed by atoms with Gasteiger partial charge in [0.25, 0.3) is 5.91 Å². The molecule has 1 amide bonds. The summed E-state index contributed by atoms with van der Waals surface area (Å²) in [6.07, 6.45) is 2.93. The zero-order valence-electron chi connectivity index (χ0n) is 11.7. The number of aromatic nitrogens is 1. The fourth-order valence-corrected chi connectivity index (χ4v) is 2.78. The Hall–Kier alpha value is -2.34. The van der Waals surface area contributed by atoms with Crippen molar-refractivity contribution in [1.82, 2.24) is 9.88 Å². The largest absolute Gasteiger partial charge is 0.469 e. The maximum atomic E-state index is 12.5. The van der Waals surface area contributed by atoms with Crippen LogP contribution < -0.4 is 0 Å². The summed E-state index contributed by atoms with van der Waals surface area (Å²) in [7, 11) is 1.74. The van der Waals surface area contributed by atoms with Gasteiger partial charge in [-0.25, -0.2) is 4.98 Å². The molecule has 21 heavy (non-hydrogen) atoms. The van der Waals surface area contributed by atoms with Crippen LogP contribution in [0.3, 0.4) is 0 Å². The number of carbonyl (C=O) groups excluding carboxylic acids is 1. The molecule has 3 aromatic heterocycles. The van der Waals surface area contributed by atoms with Gasteiger partial charge in [-0.1, -0.05) is 6.07 Å². The average Bonchev–Trinajstić information content (AvgIpc) is 3.18. The van der Waals surface area contributed by atoms with E-state index >= 15 is 0 Å². The van der Waals surface area contributed by atoms with Gasteiger partial charge in [0, 0.05) is 19.2 Å². The van der Waals surface area contributed by atoms with Crippen molar-refractivity contribution in [3.63, 3.8) is 0 Å². The van der Waals surface area contributed by atoms with E-state index in [1.165, 1.54) is 17.7 Å². The fraction of sp³-hybridized carbons (Fsp3) is 0.200. The molecule has 0 atom stereocenters. The molecule has 0 saturated carbocycles. The van der Waals surface area contributed by atoms with Gasteiger partial charge < -0.3 is 13.7 Å². The van der Waals surface area contributed by atoms with Crippen molar-refractivity contribution in [3.05, 3.63) is 53.3 Å². The number of rotatable bonds is 4. The first-order chi connectivity index (χ1) is 10.2. The van der Waals surface area contributed by atoms with Gasteiger partial charge in [-0.15, -0.1) is 11.3 Å². The second kappa shape index (κ2) is 5.57. The lowest BCUT2D eigenvalue weighted by atomic mass is 10.2. The molecule has 0 saturated heterocycles. The zero-order valence-corrected chi connectivity index (χ0v) is 12.5. The summed E-state index contributed by atoms with van der Waals surface area (Å²) in [5.74, 6) is 1.16. The molecule has 108 valence electrons. The molecule has 0 aliphatic carbocycles. The Morgan fingerprint density at radius 1 is 1.38 bits per heavy atom. The molecule has 0 spiro atoms. The number of oxazole rings is 1. The quantitative estimate of drug-likeness (QED) is 0.739. The second-order valence-corrected chi connectivity index (χ2v) is 5.62. The van der Waals surface area contributed by atoms with E-state index < -0.39 is 0 Å².